The highest BCUT2D eigenvalue weighted by Gasteiger charge is 2.15. The highest BCUT2D eigenvalue weighted by molar-refractivity contribution is 5.89. The van der Waals surface area contributed by atoms with E-state index in [4.69, 9.17) is 10.5 Å². The van der Waals surface area contributed by atoms with Crippen molar-refractivity contribution in [2.75, 3.05) is 24.3 Å². The van der Waals surface area contributed by atoms with Crippen LogP contribution in [0.5, 0.6) is 0 Å². The molecule has 0 saturated carbocycles. The zero-order chi connectivity index (χ0) is 12.4. The number of anilines is 2. The van der Waals surface area contributed by atoms with E-state index >= 15 is 0 Å². The highest BCUT2D eigenvalue weighted by Crippen LogP contribution is 2.23. The monoisotopic (exact) mass is 244 g/mol. The molecule has 0 atom stereocenters. The number of benzene rings is 1. The molecular formula is C13H16N4O. The number of hydrogen-bond acceptors (Lipinski definition) is 5. The summed E-state index contributed by atoms with van der Waals surface area (Å²) >= 11 is 0. The maximum atomic E-state index is 5.74. The molecule has 1 aromatic heterocycles. The lowest BCUT2D eigenvalue weighted by Crippen LogP contribution is -2.28. The number of nitrogens with zero attached hydrogens (tertiary/aromatic N) is 2. The molecule has 0 aliphatic carbocycles. The van der Waals surface area contributed by atoms with Crippen LogP contribution in [-0.4, -0.2) is 29.2 Å². The number of nitrogens with two attached hydrogens (primary N) is 1. The van der Waals surface area contributed by atoms with E-state index < -0.39 is 0 Å². The van der Waals surface area contributed by atoms with Crippen LogP contribution in [-0.2, 0) is 4.74 Å². The van der Waals surface area contributed by atoms with Gasteiger partial charge in [0.05, 0.1) is 5.52 Å². The lowest BCUT2D eigenvalue weighted by atomic mass is 10.1. The number of rotatable bonds is 2. The number of nitrogens with one attached hydrogen (secondary N) is 1. The second-order valence-electron chi connectivity index (χ2n) is 4.48. The van der Waals surface area contributed by atoms with Gasteiger partial charge in [0, 0.05) is 24.6 Å². The molecule has 0 spiro atoms. The molecular weight excluding hydrogens is 228 g/mol. The topological polar surface area (TPSA) is 73.1 Å². The summed E-state index contributed by atoms with van der Waals surface area (Å²) in [7, 11) is 0. The Labute approximate surface area is 105 Å². The molecule has 0 amide bonds. The van der Waals surface area contributed by atoms with Gasteiger partial charge < -0.3 is 15.8 Å². The Morgan fingerprint density at radius 2 is 1.94 bits per heavy atom. The van der Waals surface area contributed by atoms with E-state index in [1.54, 1.807) is 0 Å². The largest absolute Gasteiger partial charge is 0.381 e. The van der Waals surface area contributed by atoms with E-state index in [-0.39, 0.29) is 0 Å². The van der Waals surface area contributed by atoms with Crippen molar-refractivity contribution in [3.63, 3.8) is 0 Å². The first-order valence-electron chi connectivity index (χ1n) is 6.19. The first kappa shape index (κ1) is 11.2. The second kappa shape index (κ2) is 4.78. The number of para-hydroxylation sites is 1. The minimum atomic E-state index is 0.309. The Balaban J connectivity index is 1.94. The van der Waals surface area contributed by atoms with E-state index in [1.165, 1.54) is 0 Å². The molecule has 2 heterocycles. The Bertz CT molecular complexity index is 552. The van der Waals surface area contributed by atoms with Crippen LogP contribution in [0.4, 0.5) is 11.8 Å². The van der Waals surface area contributed by atoms with Crippen LogP contribution in [0.1, 0.15) is 12.8 Å². The third-order valence-electron chi connectivity index (χ3n) is 3.18. The van der Waals surface area contributed by atoms with E-state index in [0.29, 0.717) is 12.0 Å². The molecule has 1 aromatic carbocycles. The van der Waals surface area contributed by atoms with E-state index in [0.717, 1.165) is 42.8 Å². The first-order chi connectivity index (χ1) is 8.83. The van der Waals surface area contributed by atoms with Crippen LogP contribution in [0.3, 0.4) is 0 Å². The molecule has 5 nitrogen and oxygen atoms in total. The van der Waals surface area contributed by atoms with Gasteiger partial charge in [-0.3, -0.25) is 0 Å². The number of hydrogen-bond donors (Lipinski definition) is 2. The summed E-state index contributed by atoms with van der Waals surface area (Å²) in [6, 6.07) is 8.29. The van der Waals surface area contributed by atoms with Crippen molar-refractivity contribution in [3.05, 3.63) is 24.3 Å². The van der Waals surface area contributed by atoms with Gasteiger partial charge >= 0.3 is 0 Å². The fraction of sp³-hybridized carbons (Fsp3) is 0.385. The Kier molecular flexibility index (Phi) is 2.98. The van der Waals surface area contributed by atoms with Crippen molar-refractivity contribution < 1.29 is 4.74 Å². The smallest absolute Gasteiger partial charge is 0.222 e. The van der Waals surface area contributed by atoms with Crippen molar-refractivity contribution in [2.24, 2.45) is 0 Å². The molecule has 3 N–H and O–H groups in total. The fourth-order valence-electron chi connectivity index (χ4n) is 2.24. The molecule has 0 bridgehead atoms. The number of nitrogen functional groups attached to an aromatic ring is 1. The molecule has 18 heavy (non-hydrogen) atoms. The van der Waals surface area contributed by atoms with Crippen molar-refractivity contribution in [1.82, 2.24) is 9.97 Å². The molecule has 5 heteroatoms. The quantitative estimate of drug-likeness (QED) is 0.842. The summed E-state index contributed by atoms with van der Waals surface area (Å²) in [6.07, 6.45) is 2.00. The average molecular weight is 244 g/mol. The number of ether oxygens (including phenoxy) is 1. The zero-order valence-corrected chi connectivity index (χ0v) is 10.1. The summed E-state index contributed by atoms with van der Waals surface area (Å²) in [5.41, 5.74) is 6.62. The fourth-order valence-corrected chi connectivity index (χ4v) is 2.24. The van der Waals surface area contributed by atoms with Gasteiger partial charge in [-0.15, -0.1) is 0 Å². The van der Waals surface area contributed by atoms with Gasteiger partial charge in [0.25, 0.3) is 0 Å². The van der Waals surface area contributed by atoms with Crippen LogP contribution in [0.25, 0.3) is 10.9 Å². The molecule has 3 rings (SSSR count). The molecule has 1 aliphatic rings. The van der Waals surface area contributed by atoms with Crippen LogP contribution in [0.2, 0.25) is 0 Å². The molecule has 1 fully saturated rings. The average Bonchev–Trinajstić information content (AvgIpc) is 2.40. The van der Waals surface area contributed by atoms with Crippen molar-refractivity contribution >= 4 is 22.7 Å². The predicted octanol–water partition coefficient (Wildman–Crippen LogP) is 1.80. The van der Waals surface area contributed by atoms with Crippen molar-refractivity contribution in [2.45, 2.75) is 18.9 Å². The summed E-state index contributed by atoms with van der Waals surface area (Å²) in [4.78, 5) is 8.54. The predicted molar refractivity (Wildman–Crippen MR) is 71.4 cm³/mol. The lowest BCUT2D eigenvalue weighted by molar-refractivity contribution is 0.0904. The number of aromatic nitrogens is 2. The van der Waals surface area contributed by atoms with Crippen LogP contribution >= 0.6 is 0 Å². The minimum Gasteiger partial charge on any atom is -0.381 e. The van der Waals surface area contributed by atoms with Crippen molar-refractivity contribution in [1.29, 1.82) is 0 Å². The molecule has 1 aliphatic heterocycles. The first-order valence-corrected chi connectivity index (χ1v) is 6.19. The Morgan fingerprint density at radius 3 is 2.78 bits per heavy atom. The number of fused-ring (bicyclic) bond motifs is 1. The normalized spacial score (nSPS) is 16.9. The molecule has 1 saturated heterocycles. The van der Waals surface area contributed by atoms with Crippen LogP contribution < -0.4 is 11.1 Å². The van der Waals surface area contributed by atoms with Crippen molar-refractivity contribution in [3.8, 4) is 0 Å². The summed E-state index contributed by atoms with van der Waals surface area (Å²) in [6.45, 7) is 1.60. The third-order valence-corrected chi connectivity index (χ3v) is 3.18. The Morgan fingerprint density at radius 1 is 1.17 bits per heavy atom. The standard InChI is InChI=1S/C13H16N4O/c14-13-16-11-4-2-1-3-10(11)12(17-13)15-9-5-7-18-8-6-9/h1-4,9H,5-8H2,(H3,14,15,16,17). The van der Waals surface area contributed by atoms with E-state index in [1.807, 2.05) is 24.3 Å². The molecule has 0 radical (unpaired) electrons. The second-order valence-corrected chi connectivity index (χ2v) is 4.48. The van der Waals surface area contributed by atoms with E-state index in [9.17, 15) is 0 Å². The van der Waals surface area contributed by atoms with Crippen LogP contribution in [0.15, 0.2) is 24.3 Å². The third kappa shape index (κ3) is 2.22. The summed E-state index contributed by atoms with van der Waals surface area (Å²) in [5.74, 6) is 1.13. The molecule has 94 valence electrons. The maximum Gasteiger partial charge on any atom is 0.222 e. The minimum absolute atomic E-state index is 0.309. The Hall–Kier alpha value is -1.88. The van der Waals surface area contributed by atoms with Crippen LogP contribution in [0, 0.1) is 0 Å². The lowest BCUT2D eigenvalue weighted by Gasteiger charge is -2.24. The zero-order valence-electron chi connectivity index (χ0n) is 10.1. The van der Waals surface area contributed by atoms with Gasteiger partial charge in [0.1, 0.15) is 5.82 Å². The van der Waals surface area contributed by atoms with Gasteiger partial charge in [-0.25, -0.2) is 4.98 Å². The maximum absolute atomic E-state index is 5.74. The van der Waals surface area contributed by atoms with Gasteiger partial charge in [0.15, 0.2) is 0 Å². The van der Waals surface area contributed by atoms with E-state index in [2.05, 4.69) is 15.3 Å². The summed E-state index contributed by atoms with van der Waals surface area (Å²) in [5, 5.41) is 4.47. The SMILES string of the molecule is Nc1nc(NC2CCOCC2)c2ccccc2n1. The van der Waals surface area contributed by atoms with Gasteiger partial charge in [-0.1, -0.05) is 12.1 Å². The molecule has 2 aromatic rings. The molecule has 0 unspecified atom stereocenters. The van der Waals surface area contributed by atoms with Gasteiger partial charge in [-0.2, -0.15) is 4.98 Å². The summed E-state index contributed by atoms with van der Waals surface area (Å²) < 4.78 is 5.35. The van der Waals surface area contributed by atoms with Gasteiger partial charge in [0.2, 0.25) is 5.95 Å². The highest BCUT2D eigenvalue weighted by atomic mass is 16.5. The van der Waals surface area contributed by atoms with Gasteiger partial charge in [-0.05, 0) is 25.0 Å².